The minimum atomic E-state index is -3.82. The number of amides is 1. The van der Waals surface area contributed by atoms with E-state index < -0.39 is 22.0 Å². The molecule has 28 heavy (non-hydrogen) atoms. The summed E-state index contributed by atoms with van der Waals surface area (Å²) >= 11 is 5.85. The van der Waals surface area contributed by atoms with Crippen molar-refractivity contribution in [2.24, 2.45) is 0 Å². The highest BCUT2D eigenvalue weighted by atomic mass is 35.5. The van der Waals surface area contributed by atoms with Crippen molar-refractivity contribution >= 4 is 33.2 Å². The molecule has 1 aliphatic rings. The summed E-state index contributed by atoms with van der Waals surface area (Å²) in [5.41, 5.74) is 0.369. The van der Waals surface area contributed by atoms with Crippen LogP contribution < -0.4 is 14.8 Å². The topological polar surface area (TPSA) is 84.9 Å². The Kier molecular flexibility index (Phi) is 6.12. The third-order valence-corrected chi connectivity index (χ3v) is 6.78. The Balaban J connectivity index is 1.87. The number of anilines is 1. The summed E-state index contributed by atoms with van der Waals surface area (Å²) in [4.78, 5) is 13.0. The van der Waals surface area contributed by atoms with Gasteiger partial charge in [0.05, 0.1) is 19.1 Å². The quantitative estimate of drug-likeness (QED) is 0.769. The fraction of sp³-hybridized carbons (Fsp3) is 0.316. The molecule has 1 amide bonds. The Hall–Kier alpha value is -2.29. The molecule has 0 aliphatic carbocycles. The molecule has 1 N–H and O–H groups in total. The lowest BCUT2D eigenvalue weighted by Gasteiger charge is -2.24. The molecule has 0 spiro atoms. The van der Waals surface area contributed by atoms with Crippen LogP contribution >= 0.6 is 11.6 Å². The van der Waals surface area contributed by atoms with E-state index in [-0.39, 0.29) is 11.4 Å². The van der Waals surface area contributed by atoms with Crippen molar-refractivity contribution in [3.05, 3.63) is 47.5 Å². The van der Waals surface area contributed by atoms with Crippen LogP contribution in [0.3, 0.4) is 0 Å². The number of benzene rings is 2. The number of carbonyl (C=O) groups is 1. The summed E-state index contributed by atoms with van der Waals surface area (Å²) in [5.74, 6) is 0.424. The number of para-hydroxylation sites is 1. The third-order valence-electron chi connectivity index (χ3n) is 4.60. The van der Waals surface area contributed by atoms with Crippen LogP contribution in [0.25, 0.3) is 0 Å². The number of nitrogens with one attached hydrogen (secondary N) is 1. The van der Waals surface area contributed by atoms with E-state index >= 15 is 0 Å². The lowest BCUT2D eigenvalue weighted by molar-refractivity contribution is -0.119. The molecule has 150 valence electrons. The van der Waals surface area contributed by atoms with Gasteiger partial charge in [-0.15, -0.1) is 0 Å². The van der Waals surface area contributed by atoms with E-state index in [0.717, 1.165) is 0 Å². The Morgan fingerprint density at radius 2 is 1.71 bits per heavy atom. The zero-order valence-electron chi connectivity index (χ0n) is 15.5. The zero-order valence-corrected chi connectivity index (χ0v) is 17.1. The molecule has 2 aromatic rings. The van der Waals surface area contributed by atoms with Gasteiger partial charge in [-0.05, 0) is 49.2 Å². The fourth-order valence-electron chi connectivity index (χ4n) is 3.21. The van der Waals surface area contributed by atoms with Gasteiger partial charge in [-0.1, -0.05) is 17.7 Å². The molecular weight excluding hydrogens is 404 g/mol. The molecule has 2 aromatic carbocycles. The van der Waals surface area contributed by atoms with Gasteiger partial charge in [0.1, 0.15) is 23.2 Å². The number of hydrogen-bond acceptors (Lipinski definition) is 5. The van der Waals surface area contributed by atoms with E-state index in [2.05, 4.69) is 5.32 Å². The van der Waals surface area contributed by atoms with Gasteiger partial charge in [0, 0.05) is 11.6 Å². The Morgan fingerprint density at radius 1 is 1.11 bits per heavy atom. The molecule has 7 nitrogen and oxygen atoms in total. The Morgan fingerprint density at radius 3 is 2.29 bits per heavy atom. The summed E-state index contributed by atoms with van der Waals surface area (Å²) < 4.78 is 37.8. The number of halogens is 1. The average molecular weight is 425 g/mol. The minimum Gasteiger partial charge on any atom is -0.494 e. The number of rotatable bonds is 6. The molecule has 3 rings (SSSR count). The van der Waals surface area contributed by atoms with E-state index in [9.17, 15) is 13.2 Å². The van der Waals surface area contributed by atoms with Crippen molar-refractivity contribution < 1.29 is 22.7 Å². The van der Waals surface area contributed by atoms with Gasteiger partial charge >= 0.3 is 0 Å². The van der Waals surface area contributed by atoms with Crippen molar-refractivity contribution in [2.75, 3.05) is 26.1 Å². The Bertz CT molecular complexity index is 941. The van der Waals surface area contributed by atoms with Crippen LogP contribution in [0.1, 0.15) is 12.8 Å². The SMILES string of the molecule is COc1cccc(OC)c1NC(=O)C1CCCN1S(=O)(=O)c1ccc(Cl)cc1. The highest BCUT2D eigenvalue weighted by Gasteiger charge is 2.39. The molecule has 1 heterocycles. The van der Waals surface area contributed by atoms with Crippen molar-refractivity contribution in [3.8, 4) is 11.5 Å². The minimum absolute atomic E-state index is 0.103. The van der Waals surface area contributed by atoms with E-state index in [1.54, 1.807) is 18.2 Å². The molecular formula is C19H21ClN2O5S. The summed E-state index contributed by atoms with van der Waals surface area (Å²) in [6, 6.07) is 10.2. The second-order valence-corrected chi connectivity index (χ2v) is 8.58. The maximum atomic E-state index is 13.0. The number of methoxy groups -OCH3 is 2. The van der Waals surface area contributed by atoms with Crippen molar-refractivity contribution in [1.82, 2.24) is 4.31 Å². The first-order valence-corrected chi connectivity index (χ1v) is 10.5. The van der Waals surface area contributed by atoms with Crippen LogP contribution in [0.15, 0.2) is 47.4 Å². The molecule has 1 saturated heterocycles. The van der Waals surface area contributed by atoms with Gasteiger partial charge in [-0.2, -0.15) is 4.31 Å². The third kappa shape index (κ3) is 3.94. The number of hydrogen-bond donors (Lipinski definition) is 1. The van der Waals surface area contributed by atoms with Crippen molar-refractivity contribution in [2.45, 2.75) is 23.8 Å². The molecule has 0 saturated carbocycles. The van der Waals surface area contributed by atoms with Gasteiger partial charge in [0.2, 0.25) is 15.9 Å². The fourth-order valence-corrected chi connectivity index (χ4v) is 5.00. The van der Waals surface area contributed by atoms with Crippen molar-refractivity contribution in [1.29, 1.82) is 0 Å². The highest BCUT2D eigenvalue weighted by Crippen LogP contribution is 2.35. The zero-order chi connectivity index (χ0) is 20.3. The van der Waals surface area contributed by atoms with Gasteiger partial charge in [0.25, 0.3) is 0 Å². The first-order valence-electron chi connectivity index (χ1n) is 8.67. The van der Waals surface area contributed by atoms with Crippen molar-refractivity contribution in [3.63, 3.8) is 0 Å². The smallest absolute Gasteiger partial charge is 0.243 e. The molecule has 0 aromatic heterocycles. The van der Waals surface area contributed by atoms with Crippen LogP contribution in [0.2, 0.25) is 5.02 Å². The standard InChI is InChI=1S/C19H21ClN2O5S/c1-26-16-6-3-7-17(27-2)18(16)21-19(23)15-5-4-12-22(15)28(24,25)14-10-8-13(20)9-11-14/h3,6-11,15H,4-5,12H2,1-2H3,(H,21,23). The van der Waals surface area contributed by atoms with Gasteiger partial charge in [0.15, 0.2) is 0 Å². The highest BCUT2D eigenvalue weighted by molar-refractivity contribution is 7.89. The first-order chi connectivity index (χ1) is 13.4. The normalized spacial score (nSPS) is 17.3. The molecule has 9 heteroatoms. The molecule has 1 aliphatic heterocycles. The van der Waals surface area contributed by atoms with Crippen LogP contribution in [-0.2, 0) is 14.8 Å². The maximum absolute atomic E-state index is 13.0. The molecule has 0 radical (unpaired) electrons. The van der Waals surface area contributed by atoms with E-state index in [1.807, 2.05) is 0 Å². The predicted molar refractivity (Wildman–Crippen MR) is 107 cm³/mol. The maximum Gasteiger partial charge on any atom is 0.243 e. The van der Waals surface area contributed by atoms with Gasteiger partial charge in [-0.3, -0.25) is 4.79 Å². The molecule has 1 fully saturated rings. The van der Waals surface area contributed by atoms with Crippen LogP contribution in [0, 0.1) is 0 Å². The summed E-state index contributed by atoms with van der Waals surface area (Å²) in [6.07, 6.45) is 1.02. The molecule has 1 unspecified atom stereocenters. The largest absolute Gasteiger partial charge is 0.494 e. The van der Waals surface area contributed by atoms with E-state index in [4.69, 9.17) is 21.1 Å². The summed E-state index contributed by atoms with van der Waals surface area (Å²) in [6.45, 7) is 0.270. The predicted octanol–water partition coefficient (Wildman–Crippen LogP) is 3.15. The monoisotopic (exact) mass is 424 g/mol. The van der Waals surface area contributed by atoms with Gasteiger partial charge in [-0.25, -0.2) is 8.42 Å². The summed E-state index contributed by atoms with van der Waals surface area (Å²) in [7, 11) is -0.855. The van der Waals surface area contributed by atoms with Crippen LogP contribution in [0.5, 0.6) is 11.5 Å². The lowest BCUT2D eigenvalue weighted by Crippen LogP contribution is -2.43. The summed E-state index contributed by atoms with van der Waals surface area (Å²) in [5, 5.41) is 3.21. The number of ether oxygens (including phenoxy) is 2. The van der Waals surface area contributed by atoms with Crippen LogP contribution in [-0.4, -0.2) is 45.4 Å². The van der Waals surface area contributed by atoms with Crippen LogP contribution in [0.4, 0.5) is 5.69 Å². The number of sulfonamides is 1. The lowest BCUT2D eigenvalue weighted by atomic mass is 10.2. The number of carbonyl (C=O) groups excluding carboxylic acids is 1. The second kappa shape index (κ2) is 8.38. The Labute approximate surface area is 169 Å². The molecule has 1 atom stereocenters. The van der Waals surface area contributed by atoms with Gasteiger partial charge < -0.3 is 14.8 Å². The average Bonchev–Trinajstić information content (AvgIpc) is 3.19. The second-order valence-electron chi connectivity index (χ2n) is 6.25. The number of nitrogens with zero attached hydrogens (tertiary/aromatic N) is 1. The first kappa shape index (κ1) is 20.4. The van der Waals surface area contributed by atoms with E-state index in [0.29, 0.717) is 35.1 Å². The van der Waals surface area contributed by atoms with E-state index in [1.165, 1.54) is 42.8 Å². The molecule has 0 bridgehead atoms.